The summed E-state index contributed by atoms with van der Waals surface area (Å²) in [5.41, 5.74) is 7.40. The number of hydrogen-bond acceptors (Lipinski definition) is 8. The van der Waals surface area contributed by atoms with Gasteiger partial charge in [-0.2, -0.15) is 15.1 Å². The van der Waals surface area contributed by atoms with E-state index in [9.17, 15) is 13.6 Å². The van der Waals surface area contributed by atoms with Gasteiger partial charge in [0.05, 0.1) is 17.6 Å². The summed E-state index contributed by atoms with van der Waals surface area (Å²) < 4.78 is 28.4. The lowest BCUT2D eigenvalue weighted by Gasteiger charge is -2.24. The number of aromatic amines is 1. The number of anilines is 6. The molecule has 0 fully saturated rings. The predicted molar refractivity (Wildman–Crippen MR) is 122 cm³/mol. The van der Waals surface area contributed by atoms with Crippen molar-refractivity contribution < 1.29 is 13.6 Å². The second-order valence-corrected chi connectivity index (χ2v) is 7.53. The molecule has 0 unspecified atom stereocenters. The number of nitrogens with one attached hydrogen (secondary N) is 3. The molecule has 0 aliphatic carbocycles. The lowest BCUT2D eigenvalue weighted by Crippen LogP contribution is -2.17. The average Bonchev–Trinajstić information content (AvgIpc) is 3.26. The fourth-order valence-electron chi connectivity index (χ4n) is 3.26. The third-order valence-electron chi connectivity index (χ3n) is 4.77. The van der Waals surface area contributed by atoms with Gasteiger partial charge in [-0.05, 0) is 36.6 Å². The standard InChI is InChI=1S/C20H18F2N8OS/c1-30(15-6-4-12(21)16-11(15)8-25-29-16)17-18(23)27-20(28-19(17)24-9-31)26-14-5-3-10(32-2)7-13(14)22/h3-9H,1-2H3,(H,25,29)(H4,23,24,26,27,28,31). The topological polar surface area (TPSA) is 125 Å². The quantitative estimate of drug-likeness (QED) is 0.243. The van der Waals surface area contributed by atoms with Crippen molar-refractivity contribution in [1.29, 1.82) is 0 Å². The number of thioether (sulfide) groups is 1. The molecule has 0 saturated heterocycles. The molecule has 2 aromatic carbocycles. The highest BCUT2D eigenvalue weighted by molar-refractivity contribution is 7.98. The highest BCUT2D eigenvalue weighted by atomic mass is 32.2. The maximum absolute atomic E-state index is 14.4. The summed E-state index contributed by atoms with van der Waals surface area (Å²) in [6.45, 7) is 0. The minimum Gasteiger partial charge on any atom is -0.382 e. The van der Waals surface area contributed by atoms with E-state index in [1.54, 1.807) is 30.1 Å². The van der Waals surface area contributed by atoms with Gasteiger partial charge in [-0.3, -0.25) is 9.89 Å². The van der Waals surface area contributed by atoms with Crippen LogP contribution in [0, 0.1) is 11.6 Å². The first kappa shape index (κ1) is 21.3. The summed E-state index contributed by atoms with van der Waals surface area (Å²) in [6, 6.07) is 7.52. The second-order valence-electron chi connectivity index (χ2n) is 6.65. The van der Waals surface area contributed by atoms with E-state index >= 15 is 0 Å². The Bertz CT molecular complexity index is 1310. The number of halogens is 2. The van der Waals surface area contributed by atoms with Crippen molar-refractivity contribution in [2.24, 2.45) is 0 Å². The van der Waals surface area contributed by atoms with Crippen molar-refractivity contribution in [3.05, 3.63) is 48.2 Å². The molecule has 9 nitrogen and oxygen atoms in total. The van der Waals surface area contributed by atoms with Gasteiger partial charge >= 0.3 is 0 Å². The molecule has 0 bridgehead atoms. The molecule has 32 heavy (non-hydrogen) atoms. The first-order valence-corrected chi connectivity index (χ1v) is 10.5. The fourth-order valence-corrected chi connectivity index (χ4v) is 3.69. The molecule has 0 spiro atoms. The van der Waals surface area contributed by atoms with E-state index in [1.807, 2.05) is 6.26 Å². The van der Waals surface area contributed by atoms with Crippen LogP contribution in [0.5, 0.6) is 0 Å². The number of H-pyrrole nitrogens is 1. The van der Waals surface area contributed by atoms with Gasteiger partial charge in [-0.25, -0.2) is 8.78 Å². The monoisotopic (exact) mass is 456 g/mol. The number of amides is 1. The molecule has 0 saturated carbocycles. The fraction of sp³-hybridized carbons (Fsp3) is 0.100. The predicted octanol–water partition coefficient (Wildman–Crippen LogP) is 4.02. The van der Waals surface area contributed by atoms with Gasteiger partial charge in [-0.15, -0.1) is 11.8 Å². The second kappa shape index (κ2) is 8.67. The zero-order chi connectivity index (χ0) is 22.8. The molecule has 2 aromatic heterocycles. The van der Waals surface area contributed by atoms with Crippen LogP contribution in [0.4, 0.5) is 43.4 Å². The molecule has 2 heterocycles. The van der Waals surface area contributed by atoms with Crippen molar-refractivity contribution in [3.8, 4) is 0 Å². The van der Waals surface area contributed by atoms with Crippen LogP contribution in [0.15, 0.2) is 41.4 Å². The van der Waals surface area contributed by atoms with E-state index in [4.69, 9.17) is 5.73 Å². The molecule has 0 atom stereocenters. The number of benzene rings is 2. The average molecular weight is 456 g/mol. The van der Waals surface area contributed by atoms with Crippen LogP contribution in [0.25, 0.3) is 10.9 Å². The Hall–Kier alpha value is -3.93. The summed E-state index contributed by atoms with van der Waals surface area (Å²) in [5, 5.41) is 12.3. The SMILES string of the molecule is CSc1ccc(Nc2nc(N)c(N(C)c3ccc(F)c4[nH]ncc34)c(NC=O)n2)c(F)c1. The van der Waals surface area contributed by atoms with E-state index in [-0.39, 0.29) is 34.5 Å². The van der Waals surface area contributed by atoms with Crippen LogP contribution in [-0.4, -0.2) is 39.9 Å². The lowest BCUT2D eigenvalue weighted by atomic mass is 10.2. The molecule has 0 radical (unpaired) electrons. The third-order valence-corrected chi connectivity index (χ3v) is 5.49. The van der Waals surface area contributed by atoms with Gasteiger partial charge < -0.3 is 21.3 Å². The number of rotatable bonds is 7. The Kier molecular flexibility index (Phi) is 5.77. The van der Waals surface area contributed by atoms with Gasteiger partial charge in [0, 0.05) is 17.3 Å². The van der Waals surface area contributed by atoms with Crippen molar-refractivity contribution >= 4 is 63.7 Å². The van der Waals surface area contributed by atoms with Crippen LogP contribution in [0.1, 0.15) is 0 Å². The van der Waals surface area contributed by atoms with Gasteiger partial charge in [0.2, 0.25) is 12.4 Å². The zero-order valence-electron chi connectivity index (χ0n) is 17.0. The zero-order valence-corrected chi connectivity index (χ0v) is 17.8. The number of aromatic nitrogens is 4. The maximum Gasteiger partial charge on any atom is 0.231 e. The molecule has 4 rings (SSSR count). The van der Waals surface area contributed by atoms with Crippen LogP contribution in [-0.2, 0) is 4.79 Å². The van der Waals surface area contributed by atoms with Crippen LogP contribution < -0.4 is 21.3 Å². The molecule has 0 aliphatic heterocycles. The first-order chi connectivity index (χ1) is 15.4. The number of fused-ring (bicyclic) bond motifs is 1. The Morgan fingerprint density at radius 3 is 2.72 bits per heavy atom. The molecule has 164 valence electrons. The molecule has 12 heteroatoms. The lowest BCUT2D eigenvalue weighted by molar-refractivity contribution is -0.105. The summed E-state index contributed by atoms with van der Waals surface area (Å²) in [7, 11) is 1.67. The molecule has 0 aliphatic rings. The van der Waals surface area contributed by atoms with E-state index in [1.165, 1.54) is 30.1 Å². The number of carbonyl (C=O) groups excluding carboxylic acids is 1. The van der Waals surface area contributed by atoms with E-state index in [2.05, 4.69) is 30.8 Å². The van der Waals surface area contributed by atoms with Gasteiger partial charge in [0.25, 0.3) is 0 Å². The summed E-state index contributed by atoms with van der Waals surface area (Å²) >= 11 is 1.41. The smallest absolute Gasteiger partial charge is 0.231 e. The van der Waals surface area contributed by atoms with Crippen molar-refractivity contribution in [2.45, 2.75) is 4.90 Å². The van der Waals surface area contributed by atoms with Gasteiger partial charge in [-0.1, -0.05) is 0 Å². The Balaban J connectivity index is 1.75. The summed E-state index contributed by atoms with van der Waals surface area (Å²) in [4.78, 5) is 22.1. The Labute approximate surface area is 185 Å². The number of hydrogen-bond donors (Lipinski definition) is 4. The number of nitrogen functional groups attached to an aromatic ring is 1. The number of nitrogens with two attached hydrogens (primary N) is 1. The minimum absolute atomic E-state index is 0.00707. The van der Waals surface area contributed by atoms with Crippen molar-refractivity contribution in [1.82, 2.24) is 20.2 Å². The number of carbonyl (C=O) groups is 1. The van der Waals surface area contributed by atoms with Crippen LogP contribution >= 0.6 is 11.8 Å². The Morgan fingerprint density at radius 2 is 2.00 bits per heavy atom. The molecular formula is C20H18F2N8OS. The molecule has 4 aromatic rings. The molecular weight excluding hydrogens is 438 g/mol. The van der Waals surface area contributed by atoms with Crippen LogP contribution in [0.2, 0.25) is 0 Å². The number of nitrogens with zero attached hydrogens (tertiary/aromatic N) is 4. The molecule has 5 N–H and O–H groups in total. The van der Waals surface area contributed by atoms with Crippen LogP contribution in [0.3, 0.4) is 0 Å². The maximum atomic E-state index is 14.4. The largest absolute Gasteiger partial charge is 0.382 e. The summed E-state index contributed by atoms with van der Waals surface area (Å²) in [5.74, 6) is -0.860. The minimum atomic E-state index is -0.487. The van der Waals surface area contributed by atoms with Crippen molar-refractivity contribution in [3.63, 3.8) is 0 Å². The normalized spacial score (nSPS) is 10.9. The van der Waals surface area contributed by atoms with E-state index in [0.29, 0.717) is 17.5 Å². The molecule has 1 amide bonds. The van der Waals surface area contributed by atoms with E-state index < -0.39 is 11.6 Å². The van der Waals surface area contributed by atoms with Gasteiger partial charge in [0.1, 0.15) is 22.8 Å². The Morgan fingerprint density at radius 1 is 1.19 bits per heavy atom. The highest BCUT2D eigenvalue weighted by Gasteiger charge is 2.21. The van der Waals surface area contributed by atoms with Crippen molar-refractivity contribution in [2.75, 3.05) is 34.6 Å². The van der Waals surface area contributed by atoms with E-state index in [0.717, 1.165) is 4.90 Å². The summed E-state index contributed by atoms with van der Waals surface area (Å²) in [6.07, 6.45) is 3.76. The third kappa shape index (κ3) is 3.87. The highest BCUT2D eigenvalue weighted by Crippen LogP contribution is 2.38. The first-order valence-electron chi connectivity index (χ1n) is 9.26. The van der Waals surface area contributed by atoms with Gasteiger partial charge in [0.15, 0.2) is 11.6 Å².